The molecule has 2 N–H and O–H groups in total. The van der Waals surface area contributed by atoms with Crippen LogP contribution in [0.1, 0.15) is 23.7 Å². The smallest absolute Gasteiger partial charge is 0.326 e. The highest BCUT2D eigenvalue weighted by atomic mass is 19.1. The topological polar surface area (TPSA) is 110 Å². The SMILES string of the molecule is CC[C@H](NC(=O)c1ccc([N+](=O)[O-])cc1F)C(=O)O. The van der Waals surface area contributed by atoms with Crippen molar-refractivity contribution in [2.75, 3.05) is 0 Å². The maximum absolute atomic E-state index is 13.5. The molecule has 7 nitrogen and oxygen atoms in total. The van der Waals surface area contributed by atoms with Gasteiger partial charge in [0, 0.05) is 6.07 Å². The lowest BCUT2D eigenvalue weighted by Crippen LogP contribution is -2.40. The monoisotopic (exact) mass is 270 g/mol. The van der Waals surface area contributed by atoms with E-state index in [2.05, 4.69) is 5.32 Å². The van der Waals surface area contributed by atoms with Crippen LogP contribution in [0.5, 0.6) is 0 Å². The van der Waals surface area contributed by atoms with Crippen LogP contribution in [0.25, 0.3) is 0 Å². The highest BCUT2D eigenvalue weighted by Gasteiger charge is 2.21. The Morgan fingerprint density at radius 2 is 2.16 bits per heavy atom. The van der Waals surface area contributed by atoms with E-state index in [1.165, 1.54) is 0 Å². The molecule has 0 unspecified atom stereocenters. The fourth-order valence-corrected chi connectivity index (χ4v) is 1.38. The number of nitrogens with one attached hydrogen (secondary N) is 1. The lowest BCUT2D eigenvalue weighted by atomic mass is 10.1. The molecule has 0 fully saturated rings. The largest absolute Gasteiger partial charge is 0.480 e. The van der Waals surface area contributed by atoms with Gasteiger partial charge in [-0.05, 0) is 12.5 Å². The molecule has 0 aromatic heterocycles. The fourth-order valence-electron chi connectivity index (χ4n) is 1.38. The first-order valence-electron chi connectivity index (χ1n) is 5.34. The summed E-state index contributed by atoms with van der Waals surface area (Å²) in [4.78, 5) is 32.0. The molecule has 0 heterocycles. The second-order valence-corrected chi connectivity index (χ2v) is 3.69. The number of carboxylic acids is 1. The summed E-state index contributed by atoms with van der Waals surface area (Å²) in [7, 11) is 0. The molecule has 0 spiro atoms. The van der Waals surface area contributed by atoms with E-state index in [9.17, 15) is 24.1 Å². The van der Waals surface area contributed by atoms with Gasteiger partial charge in [-0.2, -0.15) is 0 Å². The Labute approximate surface area is 107 Å². The van der Waals surface area contributed by atoms with E-state index in [1.807, 2.05) is 0 Å². The maximum Gasteiger partial charge on any atom is 0.326 e. The molecular formula is C11H11FN2O5. The standard InChI is InChI=1S/C11H11FN2O5/c1-2-9(11(16)17)13-10(15)7-4-3-6(14(18)19)5-8(7)12/h3-5,9H,2H2,1H3,(H,13,15)(H,16,17)/t9-/m0/s1. The number of aliphatic carboxylic acids is 1. The van der Waals surface area contributed by atoms with Crippen molar-refractivity contribution in [1.82, 2.24) is 5.32 Å². The zero-order valence-electron chi connectivity index (χ0n) is 9.92. The Morgan fingerprint density at radius 1 is 1.53 bits per heavy atom. The Kier molecular flexibility index (Phi) is 4.51. The summed E-state index contributed by atoms with van der Waals surface area (Å²) in [5, 5.41) is 21.3. The Bertz CT molecular complexity index is 532. The molecule has 1 aromatic rings. The number of benzene rings is 1. The molecule has 0 bridgehead atoms. The number of hydrogen-bond acceptors (Lipinski definition) is 4. The van der Waals surface area contributed by atoms with Crippen LogP contribution in [0, 0.1) is 15.9 Å². The Morgan fingerprint density at radius 3 is 2.58 bits per heavy atom. The number of carbonyl (C=O) groups is 2. The average Bonchev–Trinajstić information content (AvgIpc) is 2.34. The maximum atomic E-state index is 13.5. The third kappa shape index (κ3) is 3.47. The number of carboxylic acid groups (broad SMARTS) is 1. The summed E-state index contributed by atoms with van der Waals surface area (Å²) in [6, 6.07) is 1.38. The fraction of sp³-hybridized carbons (Fsp3) is 0.273. The predicted molar refractivity (Wildman–Crippen MR) is 62.2 cm³/mol. The second kappa shape index (κ2) is 5.89. The molecule has 0 aliphatic heterocycles. The molecule has 1 rings (SSSR count). The minimum atomic E-state index is -1.24. The van der Waals surface area contributed by atoms with E-state index in [1.54, 1.807) is 6.92 Å². The van der Waals surface area contributed by atoms with Crippen LogP contribution in [-0.2, 0) is 4.79 Å². The zero-order chi connectivity index (χ0) is 14.6. The van der Waals surface area contributed by atoms with Gasteiger partial charge in [-0.25, -0.2) is 9.18 Å². The number of rotatable bonds is 5. The molecule has 0 saturated heterocycles. The Balaban J connectivity index is 2.94. The van der Waals surface area contributed by atoms with Gasteiger partial charge in [0.15, 0.2) is 0 Å². The van der Waals surface area contributed by atoms with Crippen molar-refractivity contribution in [3.05, 3.63) is 39.7 Å². The summed E-state index contributed by atoms with van der Waals surface area (Å²) < 4.78 is 13.5. The van der Waals surface area contributed by atoms with Crippen molar-refractivity contribution in [2.45, 2.75) is 19.4 Å². The van der Waals surface area contributed by atoms with Crippen molar-refractivity contribution in [2.24, 2.45) is 0 Å². The highest BCUT2D eigenvalue weighted by molar-refractivity contribution is 5.97. The number of non-ortho nitro benzene ring substituents is 1. The summed E-state index contributed by atoms with van der Waals surface area (Å²) in [5.41, 5.74) is -0.926. The van der Waals surface area contributed by atoms with E-state index in [4.69, 9.17) is 5.11 Å². The van der Waals surface area contributed by atoms with Gasteiger partial charge in [-0.1, -0.05) is 6.92 Å². The number of nitro benzene ring substituents is 1. The van der Waals surface area contributed by atoms with Crippen molar-refractivity contribution in [1.29, 1.82) is 0 Å². The first-order chi connectivity index (χ1) is 8.86. The minimum Gasteiger partial charge on any atom is -0.480 e. The number of nitro groups is 1. The summed E-state index contributed by atoms with van der Waals surface area (Å²) in [5.74, 6) is -3.24. The molecule has 1 aromatic carbocycles. The van der Waals surface area contributed by atoms with E-state index in [-0.39, 0.29) is 6.42 Å². The van der Waals surface area contributed by atoms with Gasteiger partial charge >= 0.3 is 5.97 Å². The van der Waals surface area contributed by atoms with Crippen LogP contribution in [0.4, 0.5) is 10.1 Å². The number of carbonyl (C=O) groups excluding carboxylic acids is 1. The van der Waals surface area contributed by atoms with E-state index in [0.717, 1.165) is 12.1 Å². The predicted octanol–water partition coefficient (Wildman–Crippen LogP) is 1.33. The Hall–Kier alpha value is -2.51. The molecule has 102 valence electrons. The number of amides is 1. The van der Waals surface area contributed by atoms with Gasteiger partial charge in [0.2, 0.25) is 0 Å². The first-order valence-corrected chi connectivity index (χ1v) is 5.34. The second-order valence-electron chi connectivity index (χ2n) is 3.69. The third-order valence-corrected chi connectivity index (χ3v) is 2.42. The van der Waals surface area contributed by atoms with Crippen LogP contribution < -0.4 is 5.32 Å². The molecule has 0 aliphatic carbocycles. The van der Waals surface area contributed by atoms with Crippen LogP contribution in [0.2, 0.25) is 0 Å². The van der Waals surface area contributed by atoms with E-state index >= 15 is 0 Å². The lowest BCUT2D eigenvalue weighted by molar-refractivity contribution is -0.385. The molecule has 0 aliphatic rings. The average molecular weight is 270 g/mol. The van der Waals surface area contributed by atoms with Gasteiger partial charge in [-0.15, -0.1) is 0 Å². The van der Waals surface area contributed by atoms with Crippen LogP contribution in [0.3, 0.4) is 0 Å². The van der Waals surface area contributed by atoms with Gasteiger partial charge in [0.05, 0.1) is 16.6 Å². The van der Waals surface area contributed by atoms with E-state index in [0.29, 0.717) is 6.07 Å². The highest BCUT2D eigenvalue weighted by Crippen LogP contribution is 2.16. The first kappa shape index (κ1) is 14.6. The van der Waals surface area contributed by atoms with Gasteiger partial charge in [-0.3, -0.25) is 14.9 Å². The van der Waals surface area contributed by atoms with Crippen molar-refractivity contribution < 1.29 is 24.0 Å². The van der Waals surface area contributed by atoms with E-state index < -0.39 is 39.9 Å². The normalized spacial score (nSPS) is 11.7. The lowest BCUT2D eigenvalue weighted by Gasteiger charge is -2.12. The molecule has 0 radical (unpaired) electrons. The number of nitrogens with zero attached hydrogens (tertiary/aromatic N) is 1. The third-order valence-electron chi connectivity index (χ3n) is 2.42. The molecule has 1 amide bonds. The summed E-state index contributed by atoms with van der Waals surface area (Å²) in [6.45, 7) is 1.55. The van der Waals surface area contributed by atoms with Crippen LogP contribution in [0.15, 0.2) is 18.2 Å². The van der Waals surface area contributed by atoms with Crippen LogP contribution in [-0.4, -0.2) is 27.9 Å². The zero-order valence-corrected chi connectivity index (χ0v) is 9.92. The molecular weight excluding hydrogens is 259 g/mol. The molecule has 0 saturated carbocycles. The number of halogens is 1. The molecule has 8 heteroatoms. The molecule has 19 heavy (non-hydrogen) atoms. The quantitative estimate of drug-likeness (QED) is 0.619. The van der Waals surface area contributed by atoms with Gasteiger partial charge in [0.25, 0.3) is 11.6 Å². The van der Waals surface area contributed by atoms with Gasteiger partial charge < -0.3 is 10.4 Å². The van der Waals surface area contributed by atoms with Gasteiger partial charge in [0.1, 0.15) is 11.9 Å². The number of hydrogen-bond donors (Lipinski definition) is 2. The summed E-state index contributed by atoms with van der Waals surface area (Å²) >= 11 is 0. The van der Waals surface area contributed by atoms with Crippen molar-refractivity contribution in [3.63, 3.8) is 0 Å². The minimum absolute atomic E-state index is 0.135. The van der Waals surface area contributed by atoms with Crippen molar-refractivity contribution in [3.8, 4) is 0 Å². The summed E-state index contributed by atoms with van der Waals surface area (Å²) in [6.07, 6.45) is 0.135. The van der Waals surface area contributed by atoms with Crippen LogP contribution >= 0.6 is 0 Å². The van der Waals surface area contributed by atoms with Crippen molar-refractivity contribution >= 4 is 17.6 Å². The molecule has 1 atom stereocenters.